The highest BCUT2D eigenvalue weighted by Gasteiger charge is 2.07. The highest BCUT2D eigenvalue weighted by atomic mass is 35.5. The minimum Gasteiger partial charge on any atom is -0.494 e. The van der Waals surface area contributed by atoms with Gasteiger partial charge in [0.2, 0.25) is 5.91 Å². The lowest BCUT2D eigenvalue weighted by atomic mass is 10.2. The number of rotatable bonds is 8. The van der Waals surface area contributed by atoms with Crippen LogP contribution >= 0.6 is 11.6 Å². The van der Waals surface area contributed by atoms with Gasteiger partial charge in [0.05, 0.1) is 12.8 Å². The van der Waals surface area contributed by atoms with Gasteiger partial charge < -0.3 is 10.1 Å². The van der Waals surface area contributed by atoms with Gasteiger partial charge in [0, 0.05) is 24.1 Å². The second kappa shape index (κ2) is 8.58. The van der Waals surface area contributed by atoms with Gasteiger partial charge in [-0.3, -0.25) is 4.79 Å². The van der Waals surface area contributed by atoms with Crippen molar-refractivity contribution in [1.82, 2.24) is 9.78 Å². The molecule has 0 radical (unpaired) electrons. The lowest BCUT2D eigenvalue weighted by Crippen LogP contribution is -2.16. The molecule has 2 aromatic rings. The Hall–Kier alpha value is -2.01. The second-order valence-electron chi connectivity index (χ2n) is 5.35. The van der Waals surface area contributed by atoms with Crippen LogP contribution in [0.5, 0.6) is 5.75 Å². The number of nitrogens with zero attached hydrogens (tertiary/aromatic N) is 2. The zero-order valence-corrected chi connectivity index (χ0v) is 14.3. The van der Waals surface area contributed by atoms with Crippen molar-refractivity contribution in [1.29, 1.82) is 0 Å². The Labute approximate surface area is 141 Å². The molecule has 0 atom stereocenters. The molecule has 23 heavy (non-hydrogen) atoms. The molecule has 0 spiro atoms. The first-order valence-electron chi connectivity index (χ1n) is 7.80. The minimum absolute atomic E-state index is 0.0289. The molecule has 5 nitrogen and oxygen atoms in total. The number of hydrogen-bond donors (Lipinski definition) is 1. The molecule has 1 aromatic carbocycles. The van der Waals surface area contributed by atoms with E-state index in [0.717, 1.165) is 35.1 Å². The van der Waals surface area contributed by atoms with Crippen LogP contribution in [0.2, 0.25) is 5.02 Å². The molecule has 0 fully saturated rings. The van der Waals surface area contributed by atoms with Gasteiger partial charge in [-0.2, -0.15) is 5.10 Å². The number of carbonyl (C=O) groups excluding carboxylic acids is 1. The quantitative estimate of drug-likeness (QED) is 0.740. The van der Waals surface area contributed by atoms with Crippen molar-refractivity contribution in [3.8, 4) is 5.75 Å². The van der Waals surface area contributed by atoms with Gasteiger partial charge in [0.25, 0.3) is 0 Å². The fourth-order valence-electron chi connectivity index (χ4n) is 2.16. The predicted octanol–water partition coefficient (Wildman–Crippen LogP) is 4.05. The summed E-state index contributed by atoms with van der Waals surface area (Å²) in [6.45, 7) is 5.29. The van der Waals surface area contributed by atoms with E-state index >= 15 is 0 Å². The number of carbonyl (C=O) groups is 1. The lowest BCUT2D eigenvalue weighted by Gasteiger charge is -2.09. The Bertz CT molecular complexity index is 655. The fourth-order valence-corrected chi connectivity index (χ4v) is 2.28. The van der Waals surface area contributed by atoms with Gasteiger partial charge in [0.1, 0.15) is 11.6 Å². The zero-order valence-electron chi connectivity index (χ0n) is 13.5. The summed E-state index contributed by atoms with van der Waals surface area (Å²) < 4.78 is 7.43. The summed E-state index contributed by atoms with van der Waals surface area (Å²) in [7, 11) is 0. The predicted molar refractivity (Wildman–Crippen MR) is 92.1 cm³/mol. The molecule has 6 heteroatoms. The maximum absolute atomic E-state index is 12.0. The Morgan fingerprint density at radius 3 is 2.96 bits per heavy atom. The highest BCUT2D eigenvalue weighted by molar-refractivity contribution is 6.31. The van der Waals surface area contributed by atoms with Gasteiger partial charge >= 0.3 is 0 Å². The van der Waals surface area contributed by atoms with Gasteiger partial charge in [-0.25, -0.2) is 4.68 Å². The van der Waals surface area contributed by atoms with E-state index < -0.39 is 0 Å². The van der Waals surface area contributed by atoms with Crippen molar-refractivity contribution in [2.45, 2.75) is 39.7 Å². The number of hydrogen-bond acceptors (Lipinski definition) is 3. The third-order valence-corrected chi connectivity index (χ3v) is 3.79. The number of aromatic nitrogens is 2. The first-order chi connectivity index (χ1) is 11.1. The zero-order chi connectivity index (χ0) is 16.7. The van der Waals surface area contributed by atoms with Crippen molar-refractivity contribution >= 4 is 23.3 Å². The van der Waals surface area contributed by atoms with E-state index in [4.69, 9.17) is 16.3 Å². The summed E-state index contributed by atoms with van der Waals surface area (Å²) in [6, 6.07) is 7.35. The van der Waals surface area contributed by atoms with Gasteiger partial charge in [-0.15, -0.1) is 0 Å². The molecule has 1 N–H and O–H groups in total. The molecule has 0 unspecified atom stereocenters. The number of benzene rings is 1. The number of anilines is 1. The summed E-state index contributed by atoms with van der Waals surface area (Å²) >= 11 is 5.97. The topological polar surface area (TPSA) is 56.2 Å². The Balaban J connectivity index is 1.72. The van der Waals surface area contributed by atoms with E-state index in [1.54, 1.807) is 16.9 Å². The van der Waals surface area contributed by atoms with Crippen molar-refractivity contribution in [3.63, 3.8) is 0 Å². The fraction of sp³-hybridized carbons (Fsp3) is 0.412. The second-order valence-corrected chi connectivity index (χ2v) is 5.76. The minimum atomic E-state index is -0.0289. The molecule has 124 valence electrons. The van der Waals surface area contributed by atoms with E-state index in [1.807, 2.05) is 25.1 Å². The van der Waals surface area contributed by atoms with E-state index in [-0.39, 0.29) is 5.91 Å². The first kappa shape index (κ1) is 17.3. The summed E-state index contributed by atoms with van der Waals surface area (Å²) in [5.74, 6) is 1.48. The number of halogens is 1. The molecule has 0 aliphatic heterocycles. The van der Waals surface area contributed by atoms with Crippen molar-refractivity contribution in [2.24, 2.45) is 0 Å². The molecule has 0 saturated heterocycles. The maximum atomic E-state index is 12.0. The Kier molecular flexibility index (Phi) is 6.47. The van der Waals surface area contributed by atoms with Crippen LogP contribution in [0.15, 0.2) is 30.5 Å². The largest absolute Gasteiger partial charge is 0.494 e. The third kappa shape index (κ3) is 5.28. The highest BCUT2D eigenvalue weighted by Crippen LogP contribution is 2.21. The van der Waals surface area contributed by atoms with Crippen LogP contribution < -0.4 is 10.1 Å². The van der Waals surface area contributed by atoms with Gasteiger partial charge in [-0.05, 0) is 43.5 Å². The van der Waals surface area contributed by atoms with Crippen LogP contribution in [0.4, 0.5) is 5.82 Å². The molecular formula is C17H22ClN3O2. The van der Waals surface area contributed by atoms with Crippen molar-refractivity contribution < 1.29 is 9.53 Å². The molecule has 0 saturated carbocycles. The van der Waals surface area contributed by atoms with E-state index in [1.165, 1.54) is 0 Å². The van der Waals surface area contributed by atoms with Crippen molar-refractivity contribution in [3.05, 3.63) is 41.0 Å². The average Bonchev–Trinajstić information content (AvgIpc) is 2.95. The molecule has 1 heterocycles. The van der Waals surface area contributed by atoms with Crippen molar-refractivity contribution in [2.75, 3.05) is 11.9 Å². The number of nitrogens with one attached hydrogen (secondary N) is 1. The molecular weight excluding hydrogens is 314 g/mol. The molecule has 1 amide bonds. The summed E-state index contributed by atoms with van der Waals surface area (Å²) in [5.41, 5.74) is 0.978. The number of amides is 1. The molecule has 1 aromatic heterocycles. The average molecular weight is 336 g/mol. The summed E-state index contributed by atoms with van der Waals surface area (Å²) in [4.78, 5) is 12.0. The maximum Gasteiger partial charge on any atom is 0.225 e. The van der Waals surface area contributed by atoms with E-state index in [9.17, 15) is 4.79 Å². The SMILES string of the molecule is CCCn1nccc1NC(=O)CCCOc1ccc(Cl)c(C)c1. The van der Waals surface area contributed by atoms with Crippen LogP contribution in [-0.2, 0) is 11.3 Å². The van der Waals surface area contributed by atoms with Gasteiger partial charge in [0.15, 0.2) is 0 Å². The third-order valence-electron chi connectivity index (χ3n) is 3.37. The van der Waals surface area contributed by atoms with Crippen LogP contribution in [0, 0.1) is 6.92 Å². The van der Waals surface area contributed by atoms with Gasteiger partial charge in [-0.1, -0.05) is 18.5 Å². The summed E-state index contributed by atoms with van der Waals surface area (Å²) in [5, 5.41) is 7.78. The molecule has 0 aliphatic carbocycles. The monoisotopic (exact) mass is 335 g/mol. The van der Waals surface area contributed by atoms with Crippen LogP contribution in [-0.4, -0.2) is 22.3 Å². The normalized spacial score (nSPS) is 10.6. The van der Waals surface area contributed by atoms with E-state index in [2.05, 4.69) is 17.3 Å². The van der Waals surface area contributed by atoms with Crippen LogP contribution in [0.3, 0.4) is 0 Å². The molecule has 0 bridgehead atoms. The smallest absolute Gasteiger partial charge is 0.225 e. The molecule has 2 rings (SSSR count). The number of aryl methyl sites for hydroxylation is 2. The van der Waals surface area contributed by atoms with E-state index in [0.29, 0.717) is 19.4 Å². The Morgan fingerprint density at radius 1 is 1.39 bits per heavy atom. The Morgan fingerprint density at radius 2 is 2.22 bits per heavy atom. The number of ether oxygens (including phenoxy) is 1. The summed E-state index contributed by atoms with van der Waals surface area (Å²) in [6.07, 6.45) is 3.72. The first-order valence-corrected chi connectivity index (χ1v) is 8.18. The standard InChI is InChI=1S/C17H22ClN3O2/c1-3-10-21-16(8-9-19-21)20-17(22)5-4-11-23-14-6-7-15(18)13(2)12-14/h6-9,12H,3-5,10-11H2,1-2H3,(H,20,22). The van der Waals surface area contributed by atoms with Crippen LogP contribution in [0.1, 0.15) is 31.7 Å². The lowest BCUT2D eigenvalue weighted by molar-refractivity contribution is -0.116. The van der Waals surface area contributed by atoms with Crippen LogP contribution in [0.25, 0.3) is 0 Å². The molecule has 0 aliphatic rings.